The van der Waals surface area contributed by atoms with Crippen LogP contribution in [0.25, 0.3) is 0 Å². The van der Waals surface area contributed by atoms with Crippen molar-refractivity contribution in [1.29, 1.82) is 0 Å². The third kappa shape index (κ3) is 6.53. The summed E-state index contributed by atoms with van der Waals surface area (Å²) >= 11 is 6.13. The molecule has 1 atom stereocenters. The number of aromatic nitrogens is 1. The van der Waals surface area contributed by atoms with E-state index in [0.29, 0.717) is 18.3 Å². The third-order valence-electron chi connectivity index (χ3n) is 6.35. The Morgan fingerprint density at radius 1 is 1.06 bits per heavy atom. The molecule has 0 N–H and O–H groups in total. The van der Waals surface area contributed by atoms with Gasteiger partial charge in [-0.15, -0.1) is 0 Å². The maximum atomic E-state index is 13.7. The Morgan fingerprint density at radius 2 is 1.79 bits per heavy atom. The highest BCUT2D eigenvalue weighted by Gasteiger charge is 2.26. The summed E-state index contributed by atoms with van der Waals surface area (Å²) in [4.78, 5) is 9.46. The van der Waals surface area contributed by atoms with Crippen molar-refractivity contribution in [3.63, 3.8) is 0 Å². The minimum Gasteiger partial charge on any atom is -0.489 e. The Labute approximate surface area is 201 Å². The third-order valence-corrected chi connectivity index (χ3v) is 6.60. The zero-order valence-electron chi connectivity index (χ0n) is 19.0. The van der Waals surface area contributed by atoms with Crippen LogP contribution < -0.4 is 4.74 Å². The van der Waals surface area contributed by atoms with Crippen LogP contribution in [0.3, 0.4) is 0 Å². The zero-order valence-corrected chi connectivity index (χ0v) is 19.8. The molecule has 1 aliphatic heterocycles. The fourth-order valence-electron chi connectivity index (χ4n) is 4.59. The Kier molecular flexibility index (Phi) is 8.32. The molecule has 33 heavy (non-hydrogen) atoms. The van der Waals surface area contributed by atoms with Gasteiger partial charge in [-0.3, -0.25) is 14.8 Å². The van der Waals surface area contributed by atoms with E-state index in [9.17, 15) is 4.39 Å². The average molecular weight is 468 g/mol. The quantitative estimate of drug-likeness (QED) is 0.404. The molecule has 4 rings (SSSR count). The van der Waals surface area contributed by atoms with Gasteiger partial charge >= 0.3 is 0 Å². The van der Waals surface area contributed by atoms with E-state index in [-0.39, 0.29) is 11.9 Å². The maximum Gasteiger partial charge on any atom is 0.165 e. The minimum absolute atomic E-state index is 0.0932. The number of benzene rings is 2. The zero-order chi connectivity index (χ0) is 23.0. The molecule has 0 radical (unpaired) electrons. The molecule has 2 heterocycles. The highest BCUT2D eigenvalue weighted by atomic mass is 35.5. The molecular weight excluding hydrogens is 437 g/mol. The summed E-state index contributed by atoms with van der Waals surface area (Å²) in [5.41, 5.74) is 2.24. The van der Waals surface area contributed by atoms with E-state index in [1.807, 2.05) is 30.5 Å². The second-order valence-electron chi connectivity index (χ2n) is 8.71. The molecule has 6 heteroatoms. The average Bonchev–Trinajstić information content (AvgIpc) is 2.83. The van der Waals surface area contributed by atoms with Crippen LogP contribution >= 0.6 is 11.6 Å². The van der Waals surface area contributed by atoms with E-state index in [4.69, 9.17) is 16.3 Å². The molecule has 1 fully saturated rings. The first-order valence-electron chi connectivity index (χ1n) is 11.6. The number of hydrogen-bond acceptors (Lipinski definition) is 4. The van der Waals surface area contributed by atoms with Gasteiger partial charge in [-0.05, 0) is 80.9 Å². The van der Waals surface area contributed by atoms with Crippen molar-refractivity contribution in [3.8, 4) is 5.75 Å². The predicted molar refractivity (Wildman–Crippen MR) is 131 cm³/mol. The summed E-state index contributed by atoms with van der Waals surface area (Å²) in [6.07, 6.45) is 4.13. The van der Waals surface area contributed by atoms with Gasteiger partial charge in [-0.2, -0.15) is 0 Å². The van der Waals surface area contributed by atoms with Gasteiger partial charge in [-0.1, -0.05) is 41.9 Å². The molecule has 3 aromatic rings. The van der Waals surface area contributed by atoms with Crippen molar-refractivity contribution in [2.24, 2.45) is 5.92 Å². The SMILES string of the molecule is CN(CC1CCN(CCOc2ccccc2F)CC1)[C@@H](c1ccc(Cl)cc1)c1ccccn1. The smallest absolute Gasteiger partial charge is 0.165 e. The molecule has 4 nitrogen and oxygen atoms in total. The Bertz CT molecular complexity index is 994. The van der Waals surface area contributed by atoms with E-state index < -0.39 is 0 Å². The highest BCUT2D eigenvalue weighted by Crippen LogP contribution is 2.29. The van der Waals surface area contributed by atoms with E-state index in [1.165, 1.54) is 11.6 Å². The van der Waals surface area contributed by atoms with Crippen LogP contribution in [0.5, 0.6) is 5.75 Å². The molecule has 0 bridgehead atoms. The molecule has 1 saturated heterocycles. The molecule has 0 aliphatic carbocycles. The largest absolute Gasteiger partial charge is 0.489 e. The first-order chi connectivity index (χ1) is 16.1. The van der Waals surface area contributed by atoms with Gasteiger partial charge in [0.15, 0.2) is 11.6 Å². The van der Waals surface area contributed by atoms with E-state index >= 15 is 0 Å². The lowest BCUT2D eigenvalue weighted by Crippen LogP contribution is -2.40. The van der Waals surface area contributed by atoms with Crippen molar-refractivity contribution < 1.29 is 9.13 Å². The van der Waals surface area contributed by atoms with Crippen LogP contribution in [0.1, 0.15) is 30.1 Å². The van der Waals surface area contributed by atoms with Crippen LogP contribution in [0.15, 0.2) is 72.9 Å². The van der Waals surface area contributed by atoms with Crippen molar-refractivity contribution in [3.05, 3.63) is 95.0 Å². The summed E-state index contributed by atoms with van der Waals surface area (Å²) in [5, 5.41) is 0.743. The number of pyridine rings is 1. The first-order valence-corrected chi connectivity index (χ1v) is 11.9. The maximum absolute atomic E-state index is 13.7. The second kappa shape index (κ2) is 11.6. The summed E-state index contributed by atoms with van der Waals surface area (Å²) < 4.78 is 19.3. The van der Waals surface area contributed by atoms with Crippen LogP contribution in [0, 0.1) is 11.7 Å². The Balaban J connectivity index is 1.30. The normalized spacial score (nSPS) is 16.1. The lowest BCUT2D eigenvalue weighted by Gasteiger charge is -2.36. The van der Waals surface area contributed by atoms with E-state index in [2.05, 4.69) is 40.0 Å². The van der Waals surface area contributed by atoms with Gasteiger partial charge in [0.2, 0.25) is 0 Å². The van der Waals surface area contributed by atoms with Gasteiger partial charge < -0.3 is 4.74 Å². The Hall–Kier alpha value is -2.47. The number of halogens is 2. The Morgan fingerprint density at radius 3 is 2.48 bits per heavy atom. The number of rotatable bonds is 9. The predicted octanol–water partition coefficient (Wildman–Crippen LogP) is 5.69. The monoisotopic (exact) mass is 467 g/mol. The van der Waals surface area contributed by atoms with Gasteiger partial charge in [-0.25, -0.2) is 4.39 Å². The molecular formula is C27H31ClFN3O. The number of hydrogen-bond donors (Lipinski definition) is 0. The summed E-state index contributed by atoms with van der Waals surface area (Å²) in [6, 6.07) is 20.8. The number of likely N-dealkylation sites (tertiary alicyclic amines) is 1. The number of piperidine rings is 1. The summed E-state index contributed by atoms with van der Waals surface area (Å²) in [6.45, 7) is 4.40. The number of nitrogens with zero attached hydrogens (tertiary/aromatic N) is 3. The number of ether oxygens (including phenoxy) is 1. The summed E-state index contributed by atoms with van der Waals surface area (Å²) in [7, 11) is 2.18. The van der Waals surface area contributed by atoms with Crippen molar-refractivity contribution in [2.75, 3.05) is 39.8 Å². The van der Waals surface area contributed by atoms with E-state index in [0.717, 1.165) is 49.7 Å². The molecule has 174 valence electrons. The van der Waals surface area contributed by atoms with Gasteiger partial charge in [0.05, 0.1) is 11.7 Å². The lowest BCUT2D eigenvalue weighted by molar-refractivity contribution is 0.127. The van der Waals surface area contributed by atoms with Crippen molar-refractivity contribution >= 4 is 11.6 Å². The van der Waals surface area contributed by atoms with Gasteiger partial charge in [0, 0.05) is 24.3 Å². The standard InChI is InChI=1S/C27H31ClFN3O/c1-31(27(25-7-4-5-15-30-25)22-9-11-23(28)12-10-22)20-21-13-16-32(17-14-21)18-19-33-26-8-3-2-6-24(26)29/h2-12,15,21,27H,13-14,16-20H2,1H3/t27-/m0/s1. The summed E-state index contributed by atoms with van der Waals surface area (Å²) in [5.74, 6) is 0.649. The fraction of sp³-hybridized carbons (Fsp3) is 0.370. The number of para-hydroxylation sites is 1. The topological polar surface area (TPSA) is 28.6 Å². The van der Waals surface area contributed by atoms with Crippen LogP contribution in [-0.2, 0) is 0 Å². The second-order valence-corrected chi connectivity index (χ2v) is 9.15. The van der Waals surface area contributed by atoms with Crippen LogP contribution in [0.2, 0.25) is 5.02 Å². The lowest BCUT2D eigenvalue weighted by atomic mass is 9.94. The van der Waals surface area contributed by atoms with Crippen molar-refractivity contribution in [1.82, 2.24) is 14.8 Å². The van der Waals surface area contributed by atoms with Gasteiger partial charge in [0.1, 0.15) is 6.61 Å². The van der Waals surface area contributed by atoms with E-state index in [1.54, 1.807) is 18.2 Å². The highest BCUT2D eigenvalue weighted by molar-refractivity contribution is 6.30. The fourth-order valence-corrected chi connectivity index (χ4v) is 4.71. The minimum atomic E-state index is -0.303. The molecule has 0 saturated carbocycles. The van der Waals surface area contributed by atoms with Crippen LogP contribution in [0.4, 0.5) is 4.39 Å². The molecule has 0 unspecified atom stereocenters. The first kappa shape index (κ1) is 23.7. The molecule has 1 aromatic heterocycles. The van der Waals surface area contributed by atoms with Gasteiger partial charge in [0.25, 0.3) is 0 Å². The van der Waals surface area contributed by atoms with Crippen molar-refractivity contribution in [2.45, 2.75) is 18.9 Å². The van der Waals surface area contributed by atoms with Crippen LogP contribution in [-0.4, -0.2) is 54.6 Å². The molecule has 2 aromatic carbocycles. The molecule has 0 spiro atoms. The molecule has 0 amide bonds. The molecule has 1 aliphatic rings.